The first-order valence-corrected chi connectivity index (χ1v) is 3.55. The number of nitrogens with two attached hydrogens (primary N) is 1. The number of aryl methyl sites for hydroxylation is 1. The highest BCUT2D eigenvalue weighted by Crippen LogP contribution is 1.97. The van der Waals surface area contributed by atoms with Crippen LogP contribution in [0.15, 0.2) is 12.5 Å². The van der Waals surface area contributed by atoms with E-state index in [-0.39, 0.29) is 6.42 Å². The minimum absolute atomic E-state index is 0.274. The normalized spacial score (nSPS) is 12.8. The largest absolute Gasteiger partial charge is 0.480 e. The molecule has 3 N–H and O–H groups in total. The SMILES string of the molecule is Cn1cnc(CC(N)C(=O)O)c1. The topological polar surface area (TPSA) is 81.1 Å². The van der Waals surface area contributed by atoms with Crippen molar-refractivity contribution < 1.29 is 9.90 Å². The predicted molar refractivity (Wildman–Crippen MR) is 42.5 cm³/mol. The van der Waals surface area contributed by atoms with Gasteiger partial charge in [0.2, 0.25) is 0 Å². The molecular weight excluding hydrogens is 158 g/mol. The summed E-state index contributed by atoms with van der Waals surface area (Å²) < 4.78 is 1.75. The quantitative estimate of drug-likeness (QED) is 0.631. The van der Waals surface area contributed by atoms with E-state index in [0.29, 0.717) is 5.69 Å². The number of nitrogens with zero attached hydrogens (tertiary/aromatic N) is 2. The summed E-state index contributed by atoms with van der Waals surface area (Å²) in [6, 6.07) is -0.861. The van der Waals surface area contributed by atoms with Crippen LogP contribution in [-0.2, 0) is 18.3 Å². The molecule has 0 saturated carbocycles. The van der Waals surface area contributed by atoms with Crippen molar-refractivity contribution in [3.8, 4) is 0 Å². The monoisotopic (exact) mass is 169 g/mol. The molecule has 0 aromatic carbocycles. The number of imidazole rings is 1. The fraction of sp³-hybridized carbons (Fsp3) is 0.429. The van der Waals surface area contributed by atoms with Crippen molar-refractivity contribution in [1.82, 2.24) is 9.55 Å². The number of carboxylic acid groups (broad SMARTS) is 1. The van der Waals surface area contributed by atoms with Crippen LogP contribution in [0.3, 0.4) is 0 Å². The molecule has 1 aromatic rings. The lowest BCUT2D eigenvalue weighted by molar-refractivity contribution is -0.138. The Morgan fingerprint density at radius 2 is 2.58 bits per heavy atom. The number of aromatic nitrogens is 2. The Kier molecular flexibility index (Phi) is 2.44. The van der Waals surface area contributed by atoms with Crippen molar-refractivity contribution >= 4 is 5.97 Å². The van der Waals surface area contributed by atoms with Gasteiger partial charge in [-0.1, -0.05) is 0 Å². The highest BCUT2D eigenvalue weighted by atomic mass is 16.4. The fourth-order valence-corrected chi connectivity index (χ4v) is 0.885. The van der Waals surface area contributed by atoms with Crippen LogP contribution in [0.5, 0.6) is 0 Å². The Morgan fingerprint density at radius 3 is 3.00 bits per heavy atom. The molecule has 5 nitrogen and oxygen atoms in total. The molecule has 1 unspecified atom stereocenters. The fourth-order valence-electron chi connectivity index (χ4n) is 0.885. The van der Waals surface area contributed by atoms with Gasteiger partial charge < -0.3 is 15.4 Å². The maximum atomic E-state index is 10.4. The number of hydrogen-bond donors (Lipinski definition) is 2. The Balaban J connectivity index is 2.58. The molecule has 66 valence electrons. The summed E-state index contributed by atoms with van der Waals surface area (Å²) in [4.78, 5) is 14.3. The zero-order valence-corrected chi connectivity index (χ0v) is 6.77. The zero-order valence-electron chi connectivity index (χ0n) is 6.77. The second-order valence-corrected chi connectivity index (χ2v) is 2.68. The summed E-state index contributed by atoms with van der Waals surface area (Å²) in [7, 11) is 1.82. The van der Waals surface area contributed by atoms with Crippen LogP contribution in [0.1, 0.15) is 5.69 Å². The van der Waals surface area contributed by atoms with E-state index in [1.54, 1.807) is 17.1 Å². The van der Waals surface area contributed by atoms with Crippen molar-refractivity contribution in [3.63, 3.8) is 0 Å². The summed E-state index contributed by atoms with van der Waals surface area (Å²) in [6.07, 6.45) is 3.64. The third-order valence-corrected chi connectivity index (χ3v) is 1.50. The number of carbonyl (C=O) groups is 1. The van der Waals surface area contributed by atoms with Gasteiger partial charge in [-0.3, -0.25) is 4.79 Å². The maximum absolute atomic E-state index is 10.4. The summed E-state index contributed by atoms with van der Waals surface area (Å²) in [5.74, 6) is -0.999. The van der Waals surface area contributed by atoms with Crippen LogP contribution in [0.25, 0.3) is 0 Å². The first-order valence-electron chi connectivity index (χ1n) is 3.55. The third kappa shape index (κ3) is 2.06. The molecule has 0 aliphatic carbocycles. The lowest BCUT2D eigenvalue weighted by atomic mass is 10.2. The Morgan fingerprint density at radius 1 is 1.92 bits per heavy atom. The Labute approximate surface area is 69.8 Å². The van der Waals surface area contributed by atoms with Crippen molar-refractivity contribution in [2.45, 2.75) is 12.5 Å². The van der Waals surface area contributed by atoms with Gasteiger partial charge >= 0.3 is 5.97 Å². The van der Waals surface area contributed by atoms with E-state index in [9.17, 15) is 4.79 Å². The van der Waals surface area contributed by atoms with Gasteiger partial charge in [0, 0.05) is 19.7 Å². The molecular formula is C7H11N3O2. The molecule has 1 aromatic heterocycles. The van der Waals surface area contributed by atoms with Gasteiger partial charge in [-0.05, 0) is 0 Å². The second kappa shape index (κ2) is 3.36. The molecule has 0 fully saturated rings. The van der Waals surface area contributed by atoms with E-state index in [1.165, 1.54) is 0 Å². The van der Waals surface area contributed by atoms with E-state index in [1.807, 2.05) is 7.05 Å². The molecule has 0 aliphatic rings. The lowest BCUT2D eigenvalue weighted by Crippen LogP contribution is -2.32. The Bertz CT molecular complexity index is 282. The van der Waals surface area contributed by atoms with Gasteiger partial charge in [0.25, 0.3) is 0 Å². The van der Waals surface area contributed by atoms with Gasteiger partial charge in [0.1, 0.15) is 6.04 Å². The third-order valence-electron chi connectivity index (χ3n) is 1.50. The minimum Gasteiger partial charge on any atom is -0.480 e. The molecule has 0 spiro atoms. The molecule has 1 rings (SSSR count). The van der Waals surface area contributed by atoms with Crippen LogP contribution >= 0.6 is 0 Å². The van der Waals surface area contributed by atoms with Crippen LogP contribution in [-0.4, -0.2) is 26.7 Å². The highest BCUT2D eigenvalue weighted by Gasteiger charge is 2.12. The van der Waals surface area contributed by atoms with Gasteiger partial charge in [-0.15, -0.1) is 0 Å². The number of aliphatic carboxylic acids is 1. The number of rotatable bonds is 3. The van der Waals surface area contributed by atoms with Gasteiger partial charge in [-0.2, -0.15) is 0 Å². The van der Waals surface area contributed by atoms with Gasteiger partial charge in [0.15, 0.2) is 0 Å². The molecule has 1 heterocycles. The predicted octanol–water partition coefficient (Wildman–Crippen LogP) is -0.626. The summed E-state index contributed by atoms with van der Waals surface area (Å²) >= 11 is 0. The first-order chi connectivity index (χ1) is 5.59. The van der Waals surface area contributed by atoms with Gasteiger partial charge in [0.05, 0.1) is 12.0 Å². The lowest BCUT2D eigenvalue weighted by Gasteiger charge is -2.01. The average molecular weight is 169 g/mol. The van der Waals surface area contributed by atoms with Crippen LogP contribution in [0, 0.1) is 0 Å². The van der Waals surface area contributed by atoms with Gasteiger partial charge in [-0.25, -0.2) is 4.98 Å². The van der Waals surface area contributed by atoms with E-state index in [4.69, 9.17) is 10.8 Å². The molecule has 0 amide bonds. The molecule has 0 bridgehead atoms. The molecule has 1 atom stereocenters. The van der Waals surface area contributed by atoms with Crippen molar-refractivity contribution in [1.29, 1.82) is 0 Å². The van der Waals surface area contributed by atoms with Crippen LogP contribution in [0.4, 0.5) is 0 Å². The second-order valence-electron chi connectivity index (χ2n) is 2.68. The van der Waals surface area contributed by atoms with E-state index < -0.39 is 12.0 Å². The van der Waals surface area contributed by atoms with Crippen LogP contribution < -0.4 is 5.73 Å². The maximum Gasteiger partial charge on any atom is 0.320 e. The van der Waals surface area contributed by atoms with Crippen LogP contribution in [0.2, 0.25) is 0 Å². The number of hydrogen-bond acceptors (Lipinski definition) is 3. The summed E-state index contributed by atoms with van der Waals surface area (Å²) in [5.41, 5.74) is 6.01. The summed E-state index contributed by atoms with van der Waals surface area (Å²) in [5, 5.41) is 8.49. The van der Waals surface area contributed by atoms with E-state index >= 15 is 0 Å². The molecule has 0 saturated heterocycles. The van der Waals surface area contributed by atoms with Crippen molar-refractivity contribution in [2.24, 2.45) is 12.8 Å². The van der Waals surface area contributed by atoms with E-state index in [2.05, 4.69) is 4.98 Å². The zero-order chi connectivity index (χ0) is 9.14. The van der Waals surface area contributed by atoms with E-state index in [0.717, 1.165) is 0 Å². The number of carboxylic acids is 1. The summed E-state index contributed by atoms with van der Waals surface area (Å²) in [6.45, 7) is 0. The molecule has 5 heteroatoms. The van der Waals surface area contributed by atoms with Crippen molar-refractivity contribution in [3.05, 3.63) is 18.2 Å². The Hall–Kier alpha value is -1.36. The first kappa shape index (κ1) is 8.73. The molecule has 0 radical (unpaired) electrons. The smallest absolute Gasteiger partial charge is 0.320 e. The minimum atomic E-state index is -0.999. The highest BCUT2D eigenvalue weighted by molar-refractivity contribution is 5.73. The molecule has 0 aliphatic heterocycles. The average Bonchev–Trinajstić information content (AvgIpc) is 2.35. The van der Waals surface area contributed by atoms with Crippen molar-refractivity contribution in [2.75, 3.05) is 0 Å². The molecule has 12 heavy (non-hydrogen) atoms. The standard InChI is InChI=1S/C7H11N3O2/c1-10-3-5(9-4-10)2-6(8)7(11)12/h3-4,6H,2,8H2,1H3,(H,11,12).